The Hall–Kier alpha value is -1.56. The van der Waals surface area contributed by atoms with Crippen molar-refractivity contribution in [3.8, 4) is 6.07 Å². The fraction of sp³-hybridized carbons (Fsp3) is 0.667. The molecule has 0 atom stereocenters. The average molecular weight is 283 g/mol. The number of hydrogen-bond donors (Lipinski definition) is 0. The van der Waals surface area contributed by atoms with Gasteiger partial charge in [0.2, 0.25) is 0 Å². The molecule has 0 unspecified atom stereocenters. The van der Waals surface area contributed by atoms with E-state index in [1.54, 1.807) is 0 Å². The minimum absolute atomic E-state index is 0.473. The van der Waals surface area contributed by atoms with Crippen molar-refractivity contribution in [2.45, 2.75) is 64.8 Å². The van der Waals surface area contributed by atoms with Crippen LogP contribution in [0.5, 0.6) is 0 Å². The topological polar surface area (TPSA) is 39.9 Å². The molecular formula is C18H25N3. The zero-order valence-corrected chi connectivity index (χ0v) is 13.4. The third-order valence-electron chi connectivity index (χ3n) is 5.34. The van der Waals surface area contributed by atoms with Crippen LogP contribution in [0.2, 0.25) is 0 Å². The molecule has 1 saturated carbocycles. The van der Waals surface area contributed by atoms with Crippen LogP contribution in [0.25, 0.3) is 0 Å². The van der Waals surface area contributed by atoms with Crippen molar-refractivity contribution >= 4 is 5.82 Å². The van der Waals surface area contributed by atoms with E-state index in [0.29, 0.717) is 11.5 Å². The number of pyridine rings is 1. The van der Waals surface area contributed by atoms with Crippen LogP contribution in [0.15, 0.2) is 6.07 Å². The highest BCUT2D eigenvalue weighted by molar-refractivity contribution is 5.57. The van der Waals surface area contributed by atoms with E-state index in [9.17, 15) is 5.26 Å². The van der Waals surface area contributed by atoms with Crippen LogP contribution in [0.4, 0.5) is 5.82 Å². The highest BCUT2D eigenvalue weighted by Gasteiger charge is 2.30. The van der Waals surface area contributed by atoms with Crippen molar-refractivity contribution in [1.29, 1.82) is 5.26 Å². The minimum atomic E-state index is 0.473. The molecule has 0 bridgehead atoms. The lowest BCUT2D eigenvalue weighted by atomic mass is 9.75. The van der Waals surface area contributed by atoms with Crippen LogP contribution in [-0.4, -0.2) is 18.1 Å². The Morgan fingerprint density at radius 3 is 2.67 bits per heavy atom. The number of hydrogen-bond acceptors (Lipinski definition) is 3. The molecule has 112 valence electrons. The molecule has 0 radical (unpaired) electrons. The quantitative estimate of drug-likeness (QED) is 0.827. The van der Waals surface area contributed by atoms with Gasteiger partial charge in [0, 0.05) is 18.8 Å². The van der Waals surface area contributed by atoms with Crippen molar-refractivity contribution in [3.05, 3.63) is 22.9 Å². The van der Waals surface area contributed by atoms with Gasteiger partial charge in [-0.15, -0.1) is 0 Å². The maximum Gasteiger partial charge on any atom is 0.146 e. The molecule has 0 saturated heterocycles. The standard InChI is InChI=1S/C18H25N3/c1-18(2)9-7-15(8-10-18)21(3)17-14(12-19)11-13-5-4-6-16(13)20-17/h11,15H,4-10H2,1-3H3. The fourth-order valence-electron chi connectivity index (χ4n) is 3.76. The van der Waals surface area contributed by atoms with E-state index in [2.05, 4.69) is 37.9 Å². The number of anilines is 1. The van der Waals surface area contributed by atoms with Gasteiger partial charge in [-0.2, -0.15) is 5.26 Å². The van der Waals surface area contributed by atoms with Crippen LogP contribution < -0.4 is 4.90 Å². The summed E-state index contributed by atoms with van der Waals surface area (Å²) in [6.45, 7) is 4.72. The summed E-state index contributed by atoms with van der Waals surface area (Å²) in [5.74, 6) is 0.905. The number of rotatable bonds is 2. The summed E-state index contributed by atoms with van der Waals surface area (Å²) in [4.78, 5) is 7.11. The number of aryl methyl sites for hydroxylation is 2. The van der Waals surface area contributed by atoms with Crippen molar-refractivity contribution in [2.75, 3.05) is 11.9 Å². The van der Waals surface area contributed by atoms with Gasteiger partial charge in [-0.25, -0.2) is 4.98 Å². The summed E-state index contributed by atoms with van der Waals surface area (Å²) in [6, 6.07) is 4.96. The van der Waals surface area contributed by atoms with Crippen molar-refractivity contribution in [1.82, 2.24) is 4.98 Å². The first-order valence-electron chi connectivity index (χ1n) is 8.16. The van der Waals surface area contributed by atoms with Gasteiger partial charge in [0.25, 0.3) is 0 Å². The fourth-order valence-corrected chi connectivity index (χ4v) is 3.76. The van der Waals surface area contributed by atoms with Gasteiger partial charge in [-0.05, 0) is 62.0 Å². The Labute approximate surface area is 128 Å². The third kappa shape index (κ3) is 2.77. The first kappa shape index (κ1) is 14.4. The molecule has 3 rings (SSSR count). The van der Waals surface area contributed by atoms with Crippen molar-refractivity contribution in [3.63, 3.8) is 0 Å². The lowest BCUT2D eigenvalue weighted by Gasteiger charge is -2.39. The first-order chi connectivity index (χ1) is 10.00. The van der Waals surface area contributed by atoms with Crippen LogP contribution in [0.1, 0.15) is 62.8 Å². The molecule has 3 heteroatoms. The lowest BCUT2D eigenvalue weighted by molar-refractivity contribution is 0.222. The summed E-state index contributed by atoms with van der Waals surface area (Å²) in [6.07, 6.45) is 8.25. The molecular weight excluding hydrogens is 258 g/mol. The molecule has 3 nitrogen and oxygen atoms in total. The Morgan fingerprint density at radius 1 is 1.29 bits per heavy atom. The Kier molecular flexibility index (Phi) is 3.65. The van der Waals surface area contributed by atoms with E-state index in [1.807, 2.05) is 0 Å². The van der Waals surface area contributed by atoms with Crippen molar-refractivity contribution < 1.29 is 0 Å². The van der Waals surface area contributed by atoms with E-state index in [4.69, 9.17) is 4.98 Å². The van der Waals surface area contributed by atoms with Gasteiger partial charge >= 0.3 is 0 Å². The van der Waals surface area contributed by atoms with Crippen LogP contribution >= 0.6 is 0 Å². The maximum atomic E-state index is 9.46. The molecule has 0 amide bonds. The predicted molar refractivity (Wildman–Crippen MR) is 85.4 cm³/mol. The van der Waals surface area contributed by atoms with Gasteiger partial charge in [0.15, 0.2) is 0 Å². The molecule has 1 aromatic heterocycles. The SMILES string of the molecule is CN(c1nc2c(cc1C#N)CCC2)C1CCC(C)(C)CC1. The van der Waals surface area contributed by atoms with Gasteiger partial charge in [-0.1, -0.05) is 13.8 Å². The predicted octanol–water partition coefficient (Wildman–Crippen LogP) is 3.85. The van der Waals surface area contributed by atoms with Crippen molar-refractivity contribution in [2.24, 2.45) is 5.41 Å². The number of nitrogens with zero attached hydrogens (tertiary/aromatic N) is 3. The number of aromatic nitrogens is 1. The Morgan fingerprint density at radius 2 is 2.00 bits per heavy atom. The number of fused-ring (bicyclic) bond motifs is 1. The second-order valence-electron chi connectivity index (χ2n) is 7.44. The molecule has 0 spiro atoms. The van der Waals surface area contributed by atoms with E-state index < -0.39 is 0 Å². The third-order valence-corrected chi connectivity index (χ3v) is 5.34. The molecule has 0 aliphatic heterocycles. The summed E-state index contributed by atoms with van der Waals surface area (Å²) in [5, 5.41) is 9.46. The largest absolute Gasteiger partial charge is 0.356 e. The van der Waals surface area contributed by atoms with Crippen LogP contribution in [-0.2, 0) is 12.8 Å². The summed E-state index contributed by atoms with van der Waals surface area (Å²) in [7, 11) is 2.12. The first-order valence-corrected chi connectivity index (χ1v) is 8.16. The molecule has 1 fully saturated rings. The molecule has 1 aromatic rings. The molecule has 1 heterocycles. The Balaban J connectivity index is 1.85. The minimum Gasteiger partial charge on any atom is -0.356 e. The smallest absolute Gasteiger partial charge is 0.146 e. The van der Waals surface area contributed by atoms with E-state index in [0.717, 1.165) is 24.2 Å². The zero-order valence-electron chi connectivity index (χ0n) is 13.4. The van der Waals surface area contributed by atoms with Gasteiger partial charge in [-0.3, -0.25) is 0 Å². The molecule has 2 aliphatic carbocycles. The summed E-state index contributed by atoms with van der Waals surface area (Å²) < 4.78 is 0. The van der Waals surface area contributed by atoms with Crippen LogP contribution in [0, 0.1) is 16.7 Å². The van der Waals surface area contributed by atoms with Crippen LogP contribution in [0.3, 0.4) is 0 Å². The van der Waals surface area contributed by atoms with Gasteiger partial charge < -0.3 is 4.90 Å². The second-order valence-corrected chi connectivity index (χ2v) is 7.44. The summed E-state index contributed by atoms with van der Waals surface area (Å²) >= 11 is 0. The highest BCUT2D eigenvalue weighted by atomic mass is 15.2. The summed E-state index contributed by atoms with van der Waals surface area (Å²) in [5.41, 5.74) is 3.73. The maximum absolute atomic E-state index is 9.46. The lowest BCUT2D eigenvalue weighted by Crippen LogP contribution is -2.38. The molecule has 0 aromatic carbocycles. The molecule has 21 heavy (non-hydrogen) atoms. The molecule has 0 N–H and O–H groups in total. The van der Waals surface area contributed by atoms with E-state index >= 15 is 0 Å². The highest BCUT2D eigenvalue weighted by Crippen LogP contribution is 2.38. The van der Waals surface area contributed by atoms with E-state index in [1.165, 1.54) is 43.4 Å². The Bertz CT molecular complexity index is 573. The normalized spacial score (nSPS) is 20.9. The monoisotopic (exact) mass is 283 g/mol. The number of nitriles is 1. The van der Waals surface area contributed by atoms with Gasteiger partial charge in [0.1, 0.15) is 11.9 Å². The zero-order chi connectivity index (χ0) is 15.0. The second kappa shape index (κ2) is 5.33. The van der Waals surface area contributed by atoms with E-state index in [-0.39, 0.29) is 0 Å². The average Bonchev–Trinajstić information content (AvgIpc) is 2.92. The van der Waals surface area contributed by atoms with Gasteiger partial charge in [0.05, 0.1) is 5.56 Å². The molecule has 2 aliphatic rings.